The van der Waals surface area contributed by atoms with Crippen LogP contribution in [0.4, 0.5) is 0 Å². The Balaban J connectivity index is 1.64. The monoisotopic (exact) mass is 373 g/mol. The fourth-order valence-electron chi connectivity index (χ4n) is 3.30. The standard InChI is InChI=1S/C20H27N3O2S/c1-3-15-5-6-16(21-11-15)12-23-9-7-17-18(14-26-19(17)13-23)20(25)22(2)8-4-10-24/h5-6,11,14,24H,3-4,7-10,12-13H2,1-2H3. The summed E-state index contributed by atoms with van der Waals surface area (Å²) in [6, 6.07) is 4.27. The summed E-state index contributed by atoms with van der Waals surface area (Å²) >= 11 is 1.68. The lowest BCUT2D eigenvalue weighted by Crippen LogP contribution is -2.32. The molecule has 0 spiro atoms. The van der Waals surface area contributed by atoms with E-state index in [2.05, 4.69) is 28.9 Å². The zero-order chi connectivity index (χ0) is 18.5. The summed E-state index contributed by atoms with van der Waals surface area (Å²) in [4.78, 5) is 22.6. The van der Waals surface area contributed by atoms with E-state index in [0.717, 1.165) is 43.7 Å². The smallest absolute Gasteiger partial charge is 0.254 e. The van der Waals surface area contributed by atoms with Crippen LogP contribution < -0.4 is 0 Å². The summed E-state index contributed by atoms with van der Waals surface area (Å²) in [6.45, 7) is 5.51. The Hall–Kier alpha value is -1.76. The van der Waals surface area contributed by atoms with Crippen LogP contribution in [0.5, 0.6) is 0 Å². The van der Waals surface area contributed by atoms with Gasteiger partial charge in [-0.2, -0.15) is 0 Å². The average Bonchev–Trinajstić information content (AvgIpc) is 3.09. The second-order valence-electron chi connectivity index (χ2n) is 6.83. The highest BCUT2D eigenvalue weighted by atomic mass is 32.1. The molecule has 1 aliphatic rings. The summed E-state index contributed by atoms with van der Waals surface area (Å²) < 4.78 is 0. The summed E-state index contributed by atoms with van der Waals surface area (Å²) in [5, 5.41) is 11.0. The van der Waals surface area contributed by atoms with Crippen molar-refractivity contribution in [3.05, 3.63) is 51.0 Å². The van der Waals surface area contributed by atoms with Crippen molar-refractivity contribution in [1.29, 1.82) is 0 Å². The lowest BCUT2D eigenvalue weighted by Gasteiger charge is -2.27. The number of hydrogen-bond donors (Lipinski definition) is 1. The fourth-order valence-corrected chi connectivity index (χ4v) is 4.41. The number of aliphatic hydroxyl groups excluding tert-OH is 1. The first kappa shape index (κ1) is 19.0. The van der Waals surface area contributed by atoms with Crippen molar-refractivity contribution in [3.8, 4) is 0 Å². The molecular weight excluding hydrogens is 346 g/mol. The van der Waals surface area contributed by atoms with Crippen LogP contribution in [0.15, 0.2) is 23.7 Å². The Morgan fingerprint density at radius 3 is 2.96 bits per heavy atom. The number of fused-ring (bicyclic) bond motifs is 1. The van der Waals surface area contributed by atoms with Gasteiger partial charge in [-0.3, -0.25) is 14.7 Å². The van der Waals surface area contributed by atoms with E-state index in [9.17, 15) is 4.79 Å². The Morgan fingerprint density at radius 1 is 1.42 bits per heavy atom. The molecule has 1 aliphatic heterocycles. The van der Waals surface area contributed by atoms with Gasteiger partial charge >= 0.3 is 0 Å². The number of hydrogen-bond acceptors (Lipinski definition) is 5. The Morgan fingerprint density at radius 2 is 2.27 bits per heavy atom. The number of aliphatic hydroxyl groups is 1. The lowest BCUT2D eigenvalue weighted by molar-refractivity contribution is 0.0785. The third-order valence-electron chi connectivity index (χ3n) is 4.93. The van der Waals surface area contributed by atoms with E-state index in [1.165, 1.54) is 16.0 Å². The van der Waals surface area contributed by atoms with Gasteiger partial charge < -0.3 is 10.0 Å². The number of aryl methyl sites for hydroxylation is 1. The molecule has 0 unspecified atom stereocenters. The van der Waals surface area contributed by atoms with E-state index in [1.807, 2.05) is 18.6 Å². The normalized spacial score (nSPS) is 14.3. The fraction of sp³-hybridized carbons (Fsp3) is 0.500. The third kappa shape index (κ3) is 4.31. The summed E-state index contributed by atoms with van der Waals surface area (Å²) in [5.41, 5.74) is 4.42. The van der Waals surface area contributed by atoms with Crippen molar-refractivity contribution in [2.75, 3.05) is 26.7 Å². The van der Waals surface area contributed by atoms with Crippen LogP contribution in [0.25, 0.3) is 0 Å². The molecule has 5 nitrogen and oxygen atoms in total. The summed E-state index contributed by atoms with van der Waals surface area (Å²) in [5.74, 6) is 0.0706. The van der Waals surface area contributed by atoms with E-state index < -0.39 is 0 Å². The number of amides is 1. The van der Waals surface area contributed by atoms with E-state index in [-0.39, 0.29) is 12.5 Å². The van der Waals surface area contributed by atoms with Crippen molar-refractivity contribution < 1.29 is 9.90 Å². The van der Waals surface area contributed by atoms with E-state index in [1.54, 1.807) is 16.2 Å². The third-order valence-corrected chi connectivity index (χ3v) is 5.95. The van der Waals surface area contributed by atoms with Gasteiger partial charge in [0.25, 0.3) is 5.91 Å². The largest absolute Gasteiger partial charge is 0.396 e. The number of thiophene rings is 1. The molecule has 0 bridgehead atoms. The molecule has 6 heteroatoms. The Kier molecular flexibility index (Phi) is 6.40. The van der Waals surface area contributed by atoms with Gasteiger partial charge in [0.05, 0.1) is 11.3 Å². The van der Waals surface area contributed by atoms with Crippen molar-refractivity contribution in [2.24, 2.45) is 0 Å². The molecule has 0 fully saturated rings. The van der Waals surface area contributed by atoms with Crippen LogP contribution in [0.1, 0.15) is 45.4 Å². The molecule has 1 N–H and O–H groups in total. The summed E-state index contributed by atoms with van der Waals surface area (Å²) in [7, 11) is 1.81. The van der Waals surface area contributed by atoms with Crippen molar-refractivity contribution in [3.63, 3.8) is 0 Å². The molecule has 2 aromatic rings. The van der Waals surface area contributed by atoms with E-state index >= 15 is 0 Å². The Labute approximate surface area is 159 Å². The van der Waals surface area contributed by atoms with Crippen molar-refractivity contribution in [2.45, 2.75) is 39.3 Å². The number of carbonyl (C=O) groups excluding carboxylic acids is 1. The van der Waals surface area contributed by atoms with Crippen LogP contribution in [0.3, 0.4) is 0 Å². The quantitative estimate of drug-likeness (QED) is 0.811. The first-order valence-corrected chi connectivity index (χ1v) is 10.1. The zero-order valence-electron chi connectivity index (χ0n) is 15.6. The second-order valence-corrected chi connectivity index (χ2v) is 7.79. The van der Waals surface area contributed by atoms with Crippen LogP contribution in [-0.4, -0.2) is 52.5 Å². The number of pyridine rings is 1. The van der Waals surface area contributed by atoms with Gasteiger partial charge in [-0.25, -0.2) is 0 Å². The predicted octanol–water partition coefficient (Wildman–Crippen LogP) is 2.72. The molecule has 26 heavy (non-hydrogen) atoms. The first-order valence-electron chi connectivity index (χ1n) is 9.24. The lowest BCUT2D eigenvalue weighted by atomic mass is 10.0. The average molecular weight is 374 g/mol. The molecule has 0 saturated carbocycles. The molecule has 3 rings (SSSR count). The minimum absolute atomic E-state index is 0.0706. The van der Waals surface area contributed by atoms with Crippen LogP contribution >= 0.6 is 11.3 Å². The van der Waals surface area contributed by atoms with Gasteiger partial charge in [0, 0.05) is 56.3 Å². The van der Waals surface area contributed by atoms with Gasteiger partial charge in [-0.15, -0.1) is 11.3 Å². The number of nitrogens with zero attached hydrogens (tertiary/aromatic N) is 3. The Bertz CT molecular complexity index is 742. The number of rotatable bonds is 7. The van der Waals surface area contributed by atoms with Gasteiger partial charge in [-0.05, 0) is 36.5 Å². The topological polar surface area (TPSA) is 56.7 Å². The molecule has 0 aromatic carbocycles. The molecule has 0 atom stereocenters. The molecule has 0 aliphatic carbocycles. The molecule has 1 amide bonds. The predicted molar refractivity (Wildman–Crippen MR) is 104 cm³/mol. The highest BCUT2D eigenvalue weighted by Gasteiger charge is 2.25. The highest BCUT2D eigenvalue weighted by Crippen LogP contribution is 2.30. The minimum atomic E-state index is 0.0706. The molecule has 3 heterocycles. The van der Waals surface area contributed by atoms with E-state index in [0.29, 0.717) is 13.0 Å². The van der Waals surface area contributed by atoms with Gasteiger partial charge in [0.2, 0.25) is 0 Å². The van der Waals surface area contributed by atoms with Gasteiger partial charge in [0.15, 0.2) is 0 Å². The summed E-state index contributed by atoms with van der Waals surface area (Å²) in [6.07, 6.45) is 4.50. The van der Waals surface area contributed by atoms with Crippen molar-refractivity contribution in [1.82, 2.24) is 14.8 Å². The van der Waals surface area contributed by atoms with Gasteiger partial charge in [0.1, 0.15) is 0 Å². The second kappa shape index (κ2) is 8.75. The molecule has 140 valence electrons. The maximum atomic E-state index is 12.6. The molecular formula is C20H27N3O2S. The van der Waals surface area contributed by atoms with Gasteiger partial charge in [-0.1, -0.05) is 13.0 Å². The SMILES string of the molecule is CCc1ccc(CN2CCc3c(C(=O)N(C)CCCO)csc3C2)nc1. The first-order chi connectivity index (χ1) is 12.6. The molecule has 0 radical (unpaired) electrons. The minimum Gasteiger partial charge on any atom is -0.396 e. The zero-order valence-corrected chi connectivity index (χ0v) is 16.4. The van der Waals surface area contributed by atoms with Crippen molar-refractivity contribution >= 4 is 17.2 Å². The highest BCUT2D eigenvalue weighted by molar-refractivity contribution is 7.10. The molecule has 0 saturated heterocycles. The van der Waals surface area contributed by atoms with Crippen LogP contribution in [-0.2, 0) is 25.9 Å². The number of aromatic nitrogens is 1. The van der Waals surface area contributed by atoms with E-state index in [4.69, 9.17) is 5.11 Å². The maximum absolute atomic E-state index is 12.6. The van der Waals surface area contributed by atoms with Crippen LogP contribution in [0, 0.1) is 0 Å². The molecule has 2 aromatic heterocycles. The number of carbonyl (C=O) groups is 1. The van der Waals surface area contributed by atoms with Crippen LogP contribution in [0.2, 0.25) is 0 Å². The maximum Gasteiger partial charge on any atom is 0.254 e.